The van der Waals surface area contributed by atoms with E-state index < -0.39 is 26.8 Å². The van der Waals surface area contributed by atoms with Crippen LogP contribution in [0.2, 0.25) is 0 Å². The summed E-state index contributed by atoms with van der Waals surface area (Å²) in [6, 6.07) is 17.3. The van der Waals surface area contributed by atoms with E-state index >= 15 is 0 Å². The van der Waals surface area contributed by atoms with Gasteiger partial charge in [-0.2, -0.15) is 0 Å². The molecule has 3 aromatic carbocycles. The van der Waals surface area contributed by atoms with Crippen molar-refractivity contribution < 1.29 is 31.6 Å². The van der Waals surface area contributed by atoms with E-state index in [4.69, 9.17) is 14.2 Å². The van der Waals surface area contributed by atoms with Crippen molar-refractivity contribution >= 4 is 37.8 Å². The minimum absolute atomic E-state index is 0.0878. The normalized spacial score (nSPS) is 12.2. The number of methoxy groups -OCH3 is 2. The van der Waals surface area contributed by atoms with Gasteiger partial charge in [0.2, 0.25) is 5.16 Å². The molecular formula is C35H37N3O7S2. The molecule has 0 saturated carbocycles. The Morgan fingerprint density at radius 3 is 2.36 bits per heavy atom. The van der Waals surface area contributed by atoms with Crippen LogP contribution in [0.15, 0.2) is 76.9 Å². The predicted octanol–water partition coefficient (Wildman–Crippen LogP) is 6.02. The Bertz CT molecular complexity index is 2090. The number of hydrogen-bond donors (Lipinski definition) is 0. The molecule has 0 bridgehead atoms. The maximum Gasteiger partial charge on any atom is 0.338 e. The second-order valence-electron chi connectivity index (χ2n) is 11.3. The highest BCUT2D eigenvalue weighted by Crippen LogP contribution is 2.31. The summed E-state index contributed by atoms with van der Waals surface area (Å²) in [6.07, 6.45) is 2.98. The molecule has 47 heavy (non-hydrogen) atoms. The van der Waals surface area contributed by atoms with E-state index in [2.05, 4.69) is 9.97 Å². The third-order valence-electron chi connectivity index (χ3n) is 7.92. The van der Waals surface area contributed by atoms with Crippen LogP contribution in [0.25, 0.3) is 11.0 Å². The van der Waals surface area contributed by atoms with Crippen LogP contribution < -0.4 is 9.47 Å². The molecule has 1 atom stereocenters. The lowest BCUT2D eigenvalue weighted by molar-refractivity contribution is 0.0500. The average Bonchev–Trinajstić information content (AvgIpc) is 3.45. The van der Waals surface area contributed by atoms with E-state index in [1.165, 1.54) is 24.8 Å². The van der Waals surface area contributed by atoms with Crippen LogP contribution in [-0.4, -0.2) is 53.4 Å². The van der Waals surface area contributed by atoms with Gasteiger partial charge in [0.05, 0.1) is 64.6 Å². The number of ether oxygens (including phenoxy) is 3. The Kier molecular flexibility index (Phi) is 10.1. The first-order valence-electron chi connectivity index (χ1n) is 15.0. The molecule has 0 spiro atoms. The van der Waals surface area contributed by atoms with Crippen LogP contribution in [0.5, 0.6) is 11.5 Å². The standard InChI is InChI=1S/C35H37N3O7S2/c1-22-9-12-26(13-10-22)8-7-17-45-34(39)27-14-11-23(2)32(18-27)47(41,42)38-31-16-15-28(43-5)19-29(31)37-35(38)46(40)21-30-25(4)33(44-6)24(3)20-36-30/h9-16,18-20H,7-8,17,21H2,1-6H3. The smallest absolute Gasteiger partial charge is 0.338 e. The Balaban J connectivity index is 1.48. The zero-order valence-electron chi connectivity index (χ0n) is 27.2. The summed E-state index contributed by atoms with van der Waals surface area (Å²) in [6.45, 7) is 7.50. The van der Waals surface area contributed by atoms with Crippen molar-refractivity contribution in [2.24, 2.45) is 0 Å². The highest BCUT2D eigenvalue weighted by atomic mass is 32.2. The summed E-state index contributed by atoms with van der Waals surface area (Å²) in [5, 5.41) is -0.183. The summed E-state index contributed by atoms with van der Waals surface area (Å²) in [5.74, 6) is 0.337. The minimum Gasteiger partial charge on any atom is -0.497 e. The summed E-state index contributed by atoms with van der Waals surface area (Å²) < 4.78 is 60.2. The number of carbonyl (C=O) groups is 1. The van der Waals surface area contributed by atoms with Gasteiger partial charge in [0.15, 0.2) is 0 Å². The highest BCUT2D eigenvalue weighted by Gasteiger charge is 2.30. The molecule has 10 nitrogen and oxygen atoms in total. The summed E-state index contributed by atoms with van der Waals surface area (Å²) >= 11 is 0. The van der Waals surface area contributed by atoms with Crippen molar-refractivity contribution in [3.63, 3.8) is 0 Å². The third-order valence-corrected chi connectivity index (χ3v) is 11.1. The number of aryl methyl sites for hydroxylation is 4. The number of imidazole rings is 1. The van der Waals surface area contributed by atoms with Gasteiger partial charge in [0, 0.05) is 23.4 Å². The molecule has 2 aromatic heterocycles. The van der Waals surface area contributed by atoms with Gasteiger partial charge >= 0.3 is 5.97 Å². The van der Waals surface area contributed by atoms with Crippen LogP contribution in [-0.2, 0) is 37.7 Å². The van der Waals surface area contributed by atoms with Gasteiger partial charge < -0.3 is 14.2 Å². The lowest BCUT2D eigenvalue weighted by atomic mass is 10.1. The Hall–Kier alpha value is -4.55. The van der Waals surface area contributed by atoms with Crippen molar-refractivity contribution in [2.45, 2.75) is 56.3 Å². The topological polar surface area (TPSA) is 127 Å². The maximum atomic E-state index is 14.5. The summed E-state index contributed by atoms with van der Waals surface area (Å²) in [4.78, 5) is 21.9. The lowest BCUT2D eigenvalue weighted by Gasteiger charge is -2.15. The van der Waals surface area contributed by atoms with Crippen molar-refractivity contribution in [1.29, 1.82) is 0 Å². The second-order valence-corrected chi connectivity index (χ2v) is 14.4. The minimum atomic E-state index is -4.42. The van der Waals surface area contributed by atoms with E-state index in [0.29, 0.717) is 34.7 Å². The van der Waals surface area contributed by atoms with Gasteiger partial charge in [-0.05, 0) is 75.9 Å². The number of rotatable bonds is 12. The van der Waals surface area contributed by atoms with Crippen molar-refractivity contribution in [3.05, 3.63) is 106 Å². The molecular weight excluding hydrogens is 639 g/mol. The Labute approximate surface area is 277 Å². The molecule has 1 unspecified atom stereocenters. The first-order chi connectivity index (χ1) is 22.4. The molecule has 0 saturated heterocycles. The monoisotopic (exact) mass is 675 g/mol. The highest BCUT2D eigenvalue weighted by molar-refractivity contribution is 7.91. The van der Waals surface area contributed by atoms with Crippen molar-refractivity contribution in [2.75, 3.05) is 20.8 Å². The van der Waals surface area contributed by atoms with E-state index in [9.17, 15) is 17.4 Å². The molecule has 5 aromatic rings. The largest absolute Gasteiger partial charge is 0.497 e. The Morgan fingerprint density at radius 2 is 1.66 bits per heavy atom. The van der Waals surface area contributed by atoms with Gasteiger partial charge in [0.25, 0.3) is 10.0 Å². The average molecular weight is 676 g/mol. The SMILES string of the molecule is COc1ccc2c(c1)nc(S(=O)Cc1ncc(C)c(OC)c1C)n2S(=O)(=O)c1cc(C(=O)OCCCc2ccc(C)cc2)ccc1C. The zero-order chi connectivity index (χ0) is 33.9. The molecule has 12 heteroatoms. The van der Waals surface area contributed by atoms with Gasteiger partial charge in [-0.1, -0.05) is 35.9 Å². The first-order valence-corrected chi connectivity index (χ1v) is 17.7. The molecule has 0 radical (unpaired) electrons. The van der Waals surface area contributed by atoms with Gasteiger partial charge in [-0.15, -0.1) is 0 Å². The first kappa shape index (κ1) is 33.8. The van der Waals surface area contributed by atoms with Crippen LogP contribution in [0.4, 0.5) is 0 Å². The van der Waals surface area contributed by atoms with E-state index in [1.54, 1.807) is 44.5 Å². The van der Waals surface area contributed by atoms with Gasteiger partial charge in [0.1, 0.15) is 11.5 Å². The number of aromatic nitrogens is 3. The van der Waals surface area contributed by atoms with Gasteiger partial charge in [-0.3, -0.25) is 9.19 Å². The molecule has 0 N–H and O–H groups in total. The molecule has 5 rings (SSSR count). The molecule has 2 heterocycles. The van der Waals surface area contributed by atoms with Gasteiger partial charge in [-0.25, -0.2) is 22.2 Å². The third kappa shape index (κ3) is 7.08. The van der Waals surface area contributed by atoms with Crippen LogP contribution in [0.3, 0.4) is 0 Å². The van der Waals surface area contributed by atoms with Crippen LogP contribution in [0, 0.1) is 27.7 Å². The molecule has 0 aliphatic rings. The fraction of sp³-hybridized carbons (Fsp3) is 0.286. The number of nitrogens with zero attached hydrogens (tertiary/aromatic N) is 3. The predicted molar refractivity (Wildman–Crippen MR) is 180 cm³/mol. The molecule has 0 aliphatic heterocycles. The fourth-order valence-electron chi connectivity index (χ4n) is 5.31. The quantitative estimate of drug-likeness (QED) is 0.115. The molecule has 0 aliphatic carbocycles. The summed E-state index contributed by atoms with van der Waals surface area (Å²) in [7, 11) is -3.34. The molecule has 246 valence electrons. The lowest BCUT2D eigenvalue weighted by Crippen LogP contribution is -2.19. The van der Waals surface area contributed by atoms with Crippen LogP contribution >= 0.6 is 0 Å². The Morgan fingerprint density at radius 1 is 0.915 bits per heavy atom. The number of benzene rings is 3. The van der Waals surface area contributed by atoms with E-state index in [-0.39, 0.29) is 39.0 Å². The number of fused-ring (bicyclic) bond motifs is 1. The maximum absolute atomic E-state index is 14.5. The number of pyridine rings is 1. The van der Waals surface area contributed by atoms with E-state index in [1.807, 2.05) is 45.0 Å². The van der Waals surface area contributed by atoms with Crippen molar-refractivity contribution in [1.82, 2.24) is 13.9 Å². The zero-order valence-corrected chi connectivity index (χ0v) is 28.8. The van der Waals surface area contributed by atoms with Crippen LogP contribution in [0.1, 0.15) is 50.3 Å². The molecule has 0 fully saturated rings. The molecule has 0 amide bonds. The number of esters is 1. The van der Waals surface area contributed by atoms with E-state index in [0.717, 1.165) is 21.5 Å². The fourth-order valence-corrected chi connectivity index (χ4v) is 8.61. The second kappa shape index (κ2) is 14.1. The number of hydrogen-bond acceptors (Lipinski definition) is 9. The van der Waals surface area contributed by atoms with Crippen molar-refractivity contribution in [3.8, 4) is 11.5 Å². The summed E-state index contributed by atoms with van der Waals surface area (Å²) in [5.41, 5.74) is 5.30. The number of carbonyl (C=O) groups excluding carboxylic acids is 1.